The molecule has 3 aliphatic rings. The third kappa shape index (κ3) is 4.03. The molecule has 4 aromatic rings. The standard InChI is InChI=1S/C29H29F5N6O2/c1-38-16-36-37-24(38)27(10-21(11-27)42-2)18-4-3-5-20(7-18)39-14-23-22(29(32,33)34)6-17(13-40(23)25(39)41)12-35-19-8-26(9-19)15-28(26,30)31/h3-7,13-14,16,19,21,35H,8-12,15H2,1-2H3/t19?,21-,26?,27-. The molecule has 0 amide bonds. The SMILES string of the molecule is CO[C@H]1C[C@](c2cccc(-n3cc4c(C(F)(F)F)cc(CNC5CC6(C5)CC6(F)F)cn4c3=O)c2)(c2nncn2C)C1. The van der Waals surface area contributed by atoms with Gasteiger partial charge in [0.15, 0.2) is 0 Å². The summed E-state index contributed by atoms with van der Waals surface area (Å²) >= 11 is 0. The minimum absolute atomic E-state index is 0.0118. The highest BCUT2D eigenvalue weighted by Crippen LogP contribution is 2.70. The van der Waals surface area contributed by atoms with Gasteiger partial charge in [0.1, 0.15) is 12.2 Å². The van der Waals surface area contributed by atoms with Crippen LogP contribution < -0.4 is 11.0 Å². The van der Waals surface area contributed by atoms with E-state index in [0.717, 1.165) is 21.9 Å². The van der Waals surface area contributed by atoms with Crippen molar-refractivity contribution in [3.05, 3.63) is 82.1 Å². The average Bonchev–Trinajstić information content (AvgIpc) is 3.14. The topological polar surface area (TPSA) is 78.4 Å². The molecule has 3 heterocycles. The van der Waals surface area contributed by atoms with Crippen LogP contribution in [0.2, 0.25) is 0 Å². The van der Waals surface area contributed by atoms with Crippen LogP contribution in [0.1, 0.15) is 54.6 Å². The van der Waals surface area contributed by atoms with E-state index in [9.17, 15) is 26.7 Å². The van der Waals surface area contributed by atoms with Gasteiger partial charge in [0, 0.05) is 51.0 Å². The van der Waals surface area contributed by atoms with Crippen molar-refractivity contribution < 1.29 is 26.7 Å². The van der Waals surface area contributed by atoms with Gasteiger partial charge in [-0.3, -0.25) is 8.97 Å². The van der Waals surface area contributed by atoms with Gasteiger partial charge in [-0.15, -0.1) is 10.2 Å². The maximum absolute atomic E-state index is 14.2. The van der Waals surface area contributed by atoms with Gasteiger partial charge in [-0.25, -0.2) is 13.6 Å². The molecule has 0 bridgehead atoms. The molecular formula is C29H29F5N6O2. The fourth-order valence-corrected chi connectivity index (χ4v) is 6.97. The second-order valence-electron chi connectivity index (χ2n) is 12.1. The van der Waals surface area contributed by atoms with Gasteiger partial charge in [-0.05, 0) is 55.0 Å². The number of imidazole rings is 1. The van der Waals surface area contributed by atoms with Crippen molar-refractivity contribution in [3.63, 3.8) is 0 Å². The van der Waals surface area contributed by atoms with Crippen molar-refractivity contribution in [1.29, 1.82) is 0 Å². The Hall–Kier alpha value is -3.58. The highest BCUT2D eigenvalue weighted by molar-refractivity contribution is 5.58. The zero-order valence-electron chi connectivity index (χ0n) is 23.0. The molecule has 3 saturated carbocycles. The first-order valence-corrected chi connectivity index (χ1v) is 13.8. The molecule has 0 atom stereocenters. The number of hydrogen-bond acceptors (Lipinski definition) is 5. The van der Waals surface area contributed by atoms with E-state index in [4.69, 9.17) is 4.74 Å². The Labute approximate surface area is 237 Å². The zero-order chi connectivity index (χ0) is 29.7. The Morgan fingerprint density at radius 1 is 1.12 bits per heavy atom. The molecule has 0 aliphatic heterocycles. The zero-order valence-corrected chi connectivity index (χ0v) is 23.0. The summed E-state index contributed by atoms with van der Waals surface area (Å²) in [7, 11) is 3.49. The normalized spacial score (nSPS) is 28.2. The molecule has 1 N–H and O–H groups in total. The van der Waals surface area contributed by atoms with Gasteiger partial charge in [0.2, 0.25) is 0 Å². The lowest BCUT2D eigenvalue weighted by Crippen LogP contribution is -2.48. The molecule has 7 rings (SSSR count). The number of methoxy groups -OCH3 is 1. The van der Waals surface area contributed by atoms with Gasteiger partial charge < -0.3 is 14.6 Å². The number of aryl methyl sites for hydroxylation is 1. The summed E-state index contributed by atoms with van der Waals surface area (Å²) in [4.78, 5) is 13.6. The average molecular weight is 589 g/mol. The Balaban J connectivity index is 1.23. The van der Waals surface area contributed by atoms with Crippen LogP contribution in [0, 0.1) is 5.41 Å². The van der Waals surface area contributed by atoms with Crippen LogP contribution in [0.25, 0.3) is 11.2 Å². The number of aromatic nitrogens is 5. The highest BCUT2D eigenvalue weighted by atomic mass is 19.4. The van der Waals surface area contributed by atoms with Crippen molar-refractivity contribution in [2.24, 2.45) is 12.5 Å². The van der Waals surface area contributed by atoms with E-state index in [2.05, 4.69) is 15.5 Å². The maximum atomic E-state index is 14.2. The quantitative estimate of drug-likeness (QED) is 0.319. The van der Waals surface area contributed by atoms with Crippen LogP contribution in [0.15, 0.2) is 53.8 Å². The first-order valence-electron chi connectivity index (χ1n) is 13.8. The van der Waals surface area contributed by atoms with Crippen LogP contribution in [0.5, 0.6) is 0 Å². The van der Waals surface area contributed by atoms with E-state index in [1.807, 2.05) is 17.7 Å². The van der Waals surface area contributed by atoms with E-state index in [1.54, 1.807) is 31.6 Å². The largest absolute Gasteiger partial charge is 0.418 e. The van der Waals surface area contributed by atoms with Crippen LogP contribution >= 0.6 is 0 Å². The molecule has 8 nitrogen and oxygen atoms in total. The second kappa shape index (κ2) is 8.96. The van der Waals surface area contributed by atoms with E-state index in [1.165, 1.54) is 17.0 Å². The number of pyridine rings is 1. The van der Waals surface area contributed by atoms with E-state index >= 15 is 0 Å². The van der Waals surface area contributed by atoms with Gasteiger partial charge >= 0.3 is 11.9 Å². The second-order valence-corrected chi connectivity index (χ2v) is 12.1. The number of halogens is 5. The number of rotatable bonds is 7. The molecular weight excluding hydrogens is 559 g/mol. The number of ether oxygens (including phenoxy) is 1. The Morgan fingerprint density at radius 3 is 2.48 bits per heavy atom. The number of hydrogen-bond donors (Lipinski definition) is 1. The number of benzene rings is 1. The Kier molecular flexibility index (Phi) is 5.82. The summed E-state index contributed by atoms with van der Waals surface area (Å²) in [6.45, 7) is 0.0271. The van der Waals surface area contributed by atoms with Crippen molar-refractivity contribution in [2.75, 3.05) is 7.11 Å². The molecule has 3 aliphatic carbocycles. The predicted octanol–water partition coefficient (Wildman–Crippen LogP) is 4.61. The summed E-state index contributed by atoms with van der Waals surface area (Å²) < 4.78 is 79.3. The first kappa shape index (κ1) is 27.3. The van der Waals surface area contributed by atoms with Crippen LogP contribution in [0.3, 0.4) is 0 Å². The van der Waals surface area contributed by atoms with Crippen LogP contribution in [-0.2, 0) is 29.9 Å². The van der Waals surface area contributed by atoms with Crippen molar-refractivity contribution in [2.45, 2.75) is 68.3 Å². The molecule has 0 unspecified atom stereocenters. The number of nitrogens with one attached hydrogen (secondary N) is 1. The summed E-state index contributed by atoms with van der Waals surface area (Å²) in [6, 6.07) is 7.99. The van der Waals surface area contributed by atoms with Gasteiger partial charge in [0.05, 0.1) is 28.3 Å². The molecule has 0 saturated heterocycles. The third-order valence-electron chi connectivity index (χ3n) is 9.51. The van der Waals surface area contributed by atoms with Gasteiger partial charge in [0.25, 0.3) is 5.92 Å². The Bertz CT molecular complexity index is 1740. The Morgan fingerprint density at radius 2 is 1.86 bits per heavy atom. The molecule has 13 heteroatoms. The van der Waals surface area contributed by atoms with Crippen molar-refractivity contribution in [1.82, 2.24) is 29.0 Å². The number of nitrogens with zero attached hydrogens (tertiary/aromatic N) is 5. The molecule has 0 radical (unpaired) electrons. The fourth-order valence-electron chi connectivity index (χ4n) is 6.97. The summed E-state index contributed by atoms with van der Waals surface area (Å²) in [5.41, 5.74) is -1.81. The molecule has 1 spiro atoms. The fraction of sp³-hybridized carbons (Fsp3) is 0.483. The van der Waals surface area contributed by atoms with Crippen molar-refractivity contribution in [3.8, 4) is 5.69 Å². The minimum Gasteiger partial charge on any atom is -0.381 e. The van der Waals surface area contributed by atoms with Crippen molar-refractivity contribution >= 4 is 5.52 Å². The number of alkyl halides is 5. The summed E-state index contributed by atoms with van der Waals surface area (Å²) in [5.74, 6) is -1.90. The summed E-state index contributed by atoms with van der Waals surface area (Å²) in [6.07, 6.45) is 1.24. The monoisotopic (exact) mass is 588 g/mol. The van der Waals surface area contributed by atoms with E-state index in [0.29, 0.717) is 31.4 Å². The molecule has 3 aromatic heterocycles. The summed E-state index contributed by atoms with van der Waals surface area (Å²) in [5, 5.41) is 11.5. The molecule has 1 aromatic carbocycles. The van der Waals surface area contributed by atoms with Gasteiger partial charge in [-0.1, -0.05) is 12.1 Å². The molecule has 222 valence electrons. The lowest BCUT2D eigenvalue weighted by Gasteiger charge is -2.46. The van der Waals surface area contributed by atoms with Crippen LogP contribution in [0.4, 0.5) is 22.0 Å². The van der Waals surface area contributed by atoms with Crippen LogP contribution in [-0.4, -0.2) is 48.9 Å². The highest BCUT2D eigenvalue weighted by Gasteiger charge is 2.75. The maximum Gasteiger partial charge on any atom is 0.418 e. The first-order chi connectivity index (χ1) is 19.9. The lowest BCUT2D eigenvalue weighted by atomic mass is 9.62. The van der Waals surface area contributed by atoms with E-state index < -0.39 is 34.2 Å². The predicted molar refractivity (Wildman–Crippen MR) is 142 cm³/mol. The molecule has 3 fully saturated rings. The minimum atomic E-state index is -4.71. The third-order valence-corrected chi connectivity index (χ3v) is 9.51. The van der Waals surface area contributed by atoms with Gasteiger partial charge in [-0.2, -0.15) is 13.2 Å². The number of fused-ring (bicyclic) bond motifs is 1. The smallest absolute Gasteiger partial charge is 0.381 e. The van der Waals surface area contributed by atoms with E-state index in [-0.39, 0.29) is 36.2 Å². The lowest BCUT2D eigenvalue weighted by molar-refractivity contribution is -0.136. The molecule has 42 heavy (non-hydrogen) atoms.